The van der Waals surface area contributed by atoms with Crippen molar-refractivity contribution in [3.05, 3.63) is 41.0 Å². The summed E-state index contributed by atoms with van der Waals surface area (Å²) in [5.74, 6) is -8.18. The summed E-state index contributed by atoms with van der Waals surface area (Å²) < 4.78 is 61.4. The summed E-state index contributed by atoms with van der Waals surface area (Å²) >= 11 is 0. The lowest BCUT2D eigenvalue weighted by Crippen LogP contribution is -2.08. The molecule has 20 heavy (non-hydrogen) atoms. The van der Waals surface area contributed by atoms with Gasteiger partial charge in [0.25, 0.3) is 0 Å². The van der Waals surface area contributed by atoms with Crippen LogP contribution in [0.2, 0.25) is 0 Å². The molecule has 0 aliphatic rings. The molecule has 3 nitrogen and oxygen atoms in total. The van der Waals surface area contributed by atoms with Gasteiger partial charge in [0.15, 0.2) is 17.4 Å². The van der Waals surface area contributed by atoms with Gasteiger partial charge in [-0.1, -0.05) is 6.92 Å². The third-order valence-corrected chi connectivity index (χ3v) is 2.46. The molecule has 0 fully saturated rings. The summed E-state index contributed by atoms with van der Waals surface area (Å²) in [6.45, 7) is 1.22. The van der Waals surface area contributed by atoms with Crippen molar-refractivity contribution in [1.82, 2.24) is 0 Å². The standard InChI is InChI=1S/C13H12F4O3/c1-3-7(13(18)19-2)4-5-20-12-10(16)8(14)6-9(15)11(12)17/h4,6H,3,5H2,1-2H3/b7-4-. The smallest absolute Gasteiger partial charge is 0.333 e. The zero-order valence-corrected chi connectivity index (χ0v) is 10.8. The number of halogens is 4. The summed E-state index contributed by atoms with van der Waals surface area (Å²) in [6.07, 6.45) is 1.52. The van der Waals surface area contributed by atoms with Gasteiger partial charge >= 0.3 is 5.97 Å². The molecule has 110 valence electrons. The summed E-state index contributed by atoms with van der Waals surface area (Å²) in [4.78, 5) is 11.2. The molecule has 1 aromatic carbocycles. The molecule has 0 radical (unpaired) electrons. The highest BCUT2D eigenvalue weighted by Gasteiger charge is 2.20. The van der Waals surface area contributed by atoms with Gasteiger partial charge in [-0.2, -0.15) is 8.78 Å². The van der Waals surface area contributed by atoms with E-state index in [-0.39, 0.29) is 11.6 Å². The molecule has 0 saturated heterocycles. The third-order valence-electron chi connectivity index (χ3n) is 2.46. The fourth-order valence-electron chi connectivity index (χ4n) is 1.41. The van der Waals surface area contributed by atoms with Crippen molar-refractivity contribution in [3.8, 4) is 5.75 Å². The Bertz CT molecular complexity index is 515. The van der Waals surface area contributed by atoms with Crippen LogP contribution in [0.5, 0.6) is 5.75 Å². The number of methoxy groups -OCH3 is 1. The number of benzene rings is 1. The lowest BCUT2D eigenvalue weighted by Gasteiger charge is -2.08. The van der Waals surface area contributed by atoms with E-state index in [9.17, 15) is 22.4 Å². The molecule has 0 aromatic heterocycles. The third kappa shape index (κ3) is 3.49. The predicted molar refractivity (Wildman–Crippen MR) is 62.2 cm³/mol. The Morgan fingerprint density at radius 3 is 2.20 bits per heavy atom. The van der Waals surface area contributed by atoms with Crippen LogP contribution in [-0.2, 0) is 9.53 Å². The van der Waals surface area contributed by atoms with E-state index in [4.69, 9.17) is 0 Å². The van der Waals surface area contributed by atoms with Crippen LogP contribution in [0.4, 0.5) is 17.6 Å². The molecule has 0 amide bonds. The second-order valence-electron chi connectivity index (χ2n) is 3.68. The molecule has 7 heteroatoms. The van der Waals surface area contributed by atoms with Crippen molar-refractivity contribution in [2.75, 3.05) is 13.7 Å². The summed E-state index contributed by atoms with van der Waals surface area (Å²) in [6, 6.07) is 0.0826. The molecule has 0 N–H and O–H groups in total. The summed E-state index contributed by atoms with van der Waals surface area (Å²) in [7, 11) is 1.17. The molecular weight excluding hydrogens is 280 g/mol. The van der Waals surface area contributed by atoms with Gasteiger partial charge in [0.2, 0.25) is 11.6 Å². The predicted octanol–water partition coefficient (Wildman–Crippen LogP) is 3.13. The quantitative estimate of drug-likeness (QED) is 0.362. The molecule has 0 aliphatic heterocycles. The number of hydrogen-bond acceptors (Lipinski definition) is 3. The first-order valence-electron chi connectivity index (χ1n) is 5.65. The molecule has 0 bridgehead atoms. The Labute approximate surface area is 112 Å². The van der Waals surface area contributed by atoms with E-state index in [1.165, 1.54) is 13.2 Å². The Hall–Kier alpha value is -2.05. The summed E-state index contributed by atoms with van der Waals surface area (Å²) in [5.41, 5.74) is 0.213. The lowest BCUT2D eigenvalue weighted by molar-refractivity contribution is -0.136. The Morgan fingerprint density at radius 1 is 1.20 bits per heavy atom. The van der Waals surface area contributed by atoms with Crippen LogP contribution < -0.4 is 4.74 Å². The van der Waals surface area contributed by atoms with Gasteiger partial charge in [0.05, 0.1) is 7.11 Å². The maximum Gasteiger partial charge on any atom is 0.333 e. The first kappa shape index (κ1) is 16.0. The SMILES string of the molecule is CC/C(=C/COc1c(F)c(F)cc(F)c1F)C(=O)OC. The monoisotopic (exact) mass is 292 g/mol. The molecule has 0 spiro atoms. The molecule has 1 rings (SSSR count). The number of carbonyl (C=O) groups excluding carboxylic acids is 1. The fourth-order valence-corrected chi connectivity index (χ4v) is 1.41. The second kappa shape index (κ2) is 6.93. The van der Waals surface area contributed by atoms with Gasteiger partial charge in [-0.15, -0.1) is 0 Å². The second-order valence-corrected chi connectivity index (χ2v) is 3.68. The van der Waals surface area contributed by atoms with Gasteiger partial charge < -0.3 is 9.47 Å². The number of ether oxygens (including phenoxy) is 2. The van der Waals surface area contributed by atoms with Crippen molar-refractivity contribution in [3.63, 3.8) is 0 Å². The average molecular weight is 292 g/mol. The minimum Gasteiger partial charge on any atom is -0.483 e. The first-order chi connectivity index (χ1) is 9.42. The number of hydrogen-bond donors (Lipinski definition) is 0. The van der Waals surface area contributed by atoms with Crippen molar-refractivity contribution in [1.29, 1.82) is 0 Å². The van der Waals surface area contributed by atoms with Crippen LogP contribution in [0.1, 0.15) is 13.3 Å². The van der Waals surface area contributed by atoms with Crippen LogP contribution in [-0.4, -0.2) is 19.7 Å². The van der Waals surface area contributed by atoms with Crippen LogP contribution in [0.25, 0.3) is 0 Å². The van der Waals surface area contributed by atoms with Crippen LogP contribution in [0.15, 0.2) is 17.7 Å². The zero-order chi connectivity index (χ0) is 15.3. The van der Waals surface area contributed by atoms with Gasteiger partial charge in [-0.3, -0.25) is 0 Å². The van der Waals surface area contributed by atoms with Crippen LogP contribution in [0, 0.1) is 23.3 Å². The minimum absolute atomic E-state index is 0.0826. The van der Waals surface area contributed by atoms with Crippen molar-refractivity contribution in [2.24, 2.45) is 0 Å². The van der Waals surface area contributed by atoms with Gasteiger partial charge in [-0.25, -0.2) is 13.6 Å². The van der Waals surface area contributed by atoms with E-state index in [1.54, 1.807) is 6.92 Å². The zero-order valence-electron chi connectivity index (χ0n) is 10.8. The van der Waals surface area contributed by atoms with E-state index in [2.05, 4.69) is 9.47 Å². The Morgan fingerprint density at radius 2 is 1.75 bits per heavy atom. The van der Waals surface area contributed by atoms with Crippen LogP contribution in [0.3, 0.4) is 0 Å². The van der Waals surface area contributed by atoms with E-state index in [1.807, 2.05) is 0 Å². The maximum atomic E-state index is 13.3. The fraction of sp³-hybridized carbons (Fsp3) is 0.308. The highest BCUT2D eigenvalue weighted by Crippen LogP contribution is 2.26. The minimum atomic E-state index is -1.63. The lowest BCUT2D eigenvalue weighted by atomic mass is 10.2. The average Bonchev–Trinajstić information content (AvgIpc) is 2.44. The van der Waals surface area contributed by atoms with Gasteiger partial charge in [0.1, 0.15) is 6.61 Å². The maximum absolute atomic E-state index is 13.3. The molecule has 0 atom stereocenters. The molecule has 0 heterocycles. The van der Waals surface area contributed by atoms with E-state index >= 15 is 0 Å². The number of esters is 1. The first-order valence-corrected chi connectivity index (χ1v) is 5.65. The molecular formula is C13H12F4O3. The van der Waals surface area contributed by atoms with Crippen molar-refractivity contribution >= 4 is 5.97 Å². The Kier molecular flexibility index (Phi) is 5.54. The molecule has 0 unspecified atom stereocenters. The van der Waals surface area contributed by atoms with E-state index in [0.717, 1.165) is 0 Å². The normalized spacial score (nSPS) is 11.4. The van der Waals surface area contributed by atoms with Crippen molar-refractivity contribution < 1.29 is 31.8 Å². The van der Waals surface area contributed by atoms with E-state index < -0.39 is 41.6 Å². The van der Waals surface area contributed by atoms with Gasteiger partial charge in [0, 0.05) is 11.6 Å². The highest BCUT2D eigenvalue weighted by atomic mass is 19.2. The van der Waals surface area contributed by atoms with Crippen molar-refractivity contribution in [2.45, 2.75) is 13.3 Å². The van der Waals surface area contributed by atoms with Crippen LogP contribution >= 0.6 is 0 Å². The summed E-state index contributed by atoms with van der Waals surface area (Å²) in [5, 5.41) is 0. The highest BCUT2D eigenvalue weighted by molar-refractivity contribution is 5.88. The van der Waals surface area contributed by atoms with E-state index in [0.29, 0.717) is 6.42 Å². The Balaban J connectivity index is 2.91. The molecule has 1 aromatic rings. The number of carbonyl (C=O) groups is 1. The largest absolute Gasteiger partial charge is 0.483 e. The number of rotatable bonds is 5. The van der Waals surface area contributed by atoms with Gasteiger partial charge in [-0.05, 0) is 12.5 Å². The topological polar surface area (TPSA) is 35.5 Å². The molecule has 0 saturated carbocycles. The molecule has 0 aliphatic carbocycles.